The van der Waals surface area contributed by atoms with Gasteiger partial charge in [0.25, 0.3) is 0 Å². The SMILES string of the molecule is CNC(CC1CCOCC1)c1cnccn1. The molecule has 1 aromatic rings. The van der Waals surface area contributed by atoms with Crippen molar-refractivity contribution in [1.29, 1.82) is 0 Å². The molecule has 88 valence electrons. The summed E-state index contributed by atoms with van der Waals surface area (Å²) >= 11 is 0. The first kappa shape index (κ1) is 11.5. The Hall–Kier alpha value is -1.00. The third kappa shape index (κ3) is 3.00. The van der Waals surface area contributed by atoms with E-state index < -0.39 is 0 Å². The fourth-order valence-corrected chi connectivity index (χ4v) is 2.19. The van der Waals surface area contributed by atoms with Crippen LogP contribution in [0.15, 0.2) is 18.6 Å². The quantitative estimate of drug-likeness (QED) is 0.838. The van der Waals surface area contributed by atoms with Gasteiger partial charge in [-0.2, -0.15) is 0 Å². The summed E-state index contributed by atoms with van der Waals surface area (Å²) in [4.78, 5) is 8.48. The maximum Gasteiger partial charge on any atom is 0.0756 e. The van der Waals surface area contributed by atoms with Crippen LogP contribution in [0.3, 0.4) is 0 Å². The van der Waals surface area contributed by atoms with E-state index in [1.165, 1.54) is 12.8 Å². The number of nitrogens with one attached hydrogen (secondary N) is 1. The number of aromatic nitrogens is 2. The lowest BCUT2D eigenvalue weighted by Crippen LogP contribution is -2.24. The van der Waals surface area contributed by atoms with E-state index in [1.807, 2.05) is 13.2 Å². The number of rotatable bonds is 4. The highest BCUT2D eigenvalue weighted by molar-refractivity contribution is 5.02. The molecule has 0 radical (unpaired) electrons. The summed E-state index contributed by atoms with van der Waals surface area (Å²) < 4.78 is 5.37. The van der Waals surface area contributed by atoms with Gasteiger partial charge in [0, 0.05) is 31.8 Å². The summed E-state index contributed by atoms with van der Waals surface area (Å²) in [6.07, 6.45) is 8.77. The molecule has 1 aliphatic rings. The molecule has 16 heavy (non-hydrogen) atoms. The topological polar surface area (TPSA) is 47.0 Å². The second-order valence-corrected chi connectivity index (χ2v) is 4.26. The Labute approximate surface area is 96.4 Å². The predicted octanol–water partition coefficient (Wildman–Crippen LogP) is 1.55. The van der Waals surface area contributed by atoms with Gasteiger partial charge in [-0.15, -0.1) is 0 Å². The van der Waals surface area contributed by atoms with Crippen LogP contribution in [0, 0.1) is 5.92 Å². The van der Waals surface area contributed by atoms with E-state index >= 15 is 0 Å². The van der Waals surface area contributed by atoms with Gasteiger partial charge >= 0.3 is 0 Å². The zero-order chi connectivity index (χ0) is 11.2. The molecule has 1 saturated heterocycles. The third-order valence-electron chi connectivity index (χ3n) is 3.20. The van der Waals surface area contributed by atoms with E-state index in [0.717, 1.165) is 31.2 Å². The summed E-state index contributed by atoms with van der Waals surface area (Å²) in [5.74, 6) is 0.744. The largest absolute Gasteiger partial charge is 0.381 e. The lowest BCUT2D eigenvalue weighted by Gasteiger charge is -2.26. The highest BCUT2D eigenvalue weighted by Crippen LogP contribution is 2.25. The van der Waals surface area contributed by atoms with Crippen molar-refractivity contribution in [2.75, 3.05) is 20.3 Å². The molecule has 1 unspecified atom stereocenters. The van der Waals surface area contributed by atoms with Gasteiger partial charge in [-0.05, 0) is 32.2 Å². The summed E-state index contributed by atoms with van der Waals surface area (Å²) in [6, 6.07) is 0.316. The summed E-state index contributed by atoms with van der Waals surface area (Å²) in [5.41, 5.74) is 1.04. The number of nitrogens with zero attached hydrogens (tertiary/aromatic N) is 2. The Morgan fingerprint density at radius 1 is 1.44 bits per heavy atom. The van der Waals surface area contributed by atoms with Crippen LogP contribution in [-0.2, 0) is 4.74 Å². The third-order valence-corrected chi connectivity index (χ3v) is 3.20. The van der Waals surface area contributed by atoms with Crippen LogP contribution in [0.1, 0.15) is 31.0 Å². The minimum atomic E-state index is 0.316. The van der Waals surface area contributed by atoms with Crippen LogP contribution in [-0.4, -0.2) is 30.2 Å². The van der Waals surface area contributed by atoms with Gasteiger partial charge in [0.1, 0.15) is 0 Å². The molecular formula is C12H19N3O. The highest BCUT2D eigenvalue weighted by Gasteiger charge is 2.20. The molecule has 1 aliphatic heterocycles. The lowest BCUT2D eigenvalue weighted by molar-refractivity contribution is 0.0606. The van der Waals surface area contributed by atoms with Crippen molar-refractivity contribution in [1.82, 2.24) is 15.3 Å². The Balaban J connectivity index is 1.94. The van der Waals surface area contributed by atoms with Crippen LogP contribution >= 0.6 is 0 Å². The minimum absolute atomic E-state index is 0.316. The van der Waals surface area contributed by atoms with Crippen molar-refractivity contribution in [3.63, 3.8) is 0 Å². The molecule has 2 rings (SSSR count). The van der Waals surface area contributed by atoms with Crippen molar-refractivity contribution in [2.45, 2.75) is 25.3 Å². The Morgan fingerprint density at radius 2 is 2.25 bits per heavy atom. The Kier molecular flexibility index (Phi) is 4.25. The van der Waals surface area contributed by atoms with Gasteiger partial charge in [-0.1, -0.05) is 0 Å². The van der Waals surface area contributed by atoms with Gasteiger partial charge in [-0.3, -0.25) is 9.97 Å². The van der Waals surface area contributed by atoms with Crippen LogP contribution in [0.4, 0.5) is 0 Å². The van der Waals surface area contributed by atoms with Crippen molar-refractivity contribution in [3.8, 4) is 0 Å². The number of ether oxygens (including phenoxy) is 1. The van der Waals surface area contributed by atoms with Crippen LogP contribution in [0.5, 0.6) is 0 Å². The average molecular weight is 221 g/mol. The fraction of sp³-hybridized carbons (Fsp3) is 0.667. The van der Waals surface area contributed by atoms with Gasteiger partial charge < -0.3 is 10.1 Å². The van der Waals surface area contributed by atoms with Crippen molar-refractivity contribution < 1.29 is 4.74 Å². The molecular weight excluding hydrogens is 202 g/mol. The smallest absolute Gasteiger partial charge is 0.0756 e. The first-order chi connectivity index (χ1) is 7.90. The van der Waals surface area contributed by atoms with Crippen LogP contribution in [0.2, 0.25) is 0 Å². The van der Waals surface area contributed by atoms with Crippen molar-refractivity contribution in [2.24, 2.45) is 5.92 Å². The molecule has 0 saturated carbocycles. The fourth-order valence-electron chi connectivity index (χ4n) is 2.19. The monoisotopic (exact) mass is 221 g/mol. The molecule has 1 N–H and O–H groups in total. The van der Waals surface area contributed by atoms with E-state index in [2.05, 4.69) is 15.3 Å². The summed E-state index contributed by atoms with van der Waals surface area (Å²) in [5, 5.41) is 3.32. The number of hydrogen-bond acceptors (Lipinski definition) is 4. The van der Waals surface area contributed by atoms with Crippen molar-refractivity contribution in [3.05, 3.63) is 24.3 Å². The second kappa shape index (κ2) is 5.92. The summed E-state index contributed by atoms with van der Waals surface area (Å²) in [6.45, 7) is 1.81. The average Bonchev–Trinajstić information content (AvgIpc) is 2.38. The maximum absolute atomic E-state index is 5.37. The van der Waals surface area contributed by atoms with E-state index in [0.29, 0.717) is 6.04 Å². The molecule has 0 aliphatic carbocycles. The predicted molar refractivity (Wildman–Crippen MR) is 62.0 cm³/mol. The molecule has 0 aromatic carbocycles. The summed E-state index contributed by atoms with van der Waals surface area (Å²) in [7, 11) is 1.98. The first-order valence-electron chi connectivity index (χ1n) is 5.91. The molecule has 0 bridgehead atoms. The molecule has 4 nitrogen and oxygen atoms in total. The highest BCUT2D eigenvalue weighted by atomic mass is 16.5. The molecule has 1 aromatic heterocycles. The molecule has 1 fully saturated rings. The zero-order valence-corrected chi connectivity index (χ0v) is 9.72. The van der Waals surface area contributed by atoms with Gasteiger partial charge in [0.2, 0.25) is 0 Å². The molecule has 1 atom stereocenters. The van der Waals surface area contributed by atoms with E-state index in [1.54, 1.807) is 12.4 Å². The van der Waals surface area contributed by atoms with E-state index in [4.69, 9.17) is 4.74 Å². The van der Waals surface area contributed by atoms with Crippen LogP contribution < -0.4 is 5.32 Å². The molecule has 0 spiro atoms. The normalized spacial score (nSPS) is 19.6. The van der Waals surface area contributed by atoms with E-state index in [-0.39, 0.29) is 0 Å². The minimum Gasteiger partial charge on any atom is -0.381 e. The molecule has 0 amide bonds. The van der Waals surface area contributed by atoms with Gasteiger partial charge in [-0.25, -0.2) is 0 Å². The lowest BCUT2D eigenvalue weighted by atomic mass is 9.91. The Morgan fingerprint density at radius 3 is 2.88 bits per heavy atom. The van der Waals surface area contributed by atoms with Crippen LogP contribution in [0.25, 0.3) is 0 Å². The van der Waals surface area contributed by atoms with Crippen molar-refractivity contribution >= 4 is 0 Å². The molecule has 2 heterocycles. The second-order valence-electron chi connectivity index (χ2n) is 4.26. The standard InChI is InChI=1S/C12H19N3O/c1-13-11(12-9-14-4-5-15-12)8-10-2-6-16-7-3-10/h4-5,9-11,13H,2-3,6-8H2,1H3. The Bertz CT molecular complexity index is 298. The number of hydrogen-bond donors (Lipinski definition) is 1. The molecule has 4 heteroatoms. The first-order valence-corrected chi connectivity index (χ1v) is 5.91. The maximum atomic E-state index is 5.37. The zero-order valence-electron chi connectivity index (χ0n) is 9.72. The van der Waals surface area contributed by atoms with E-state index in [9.17, 15) is 0 Å². The van der Waals surface area contributed by atoms with Gasteiger partial charge in [0.05, 0.1) is 11.7 Å². The van der Waals surface area contributed by atoms with Gasteiger partial charge in [0.15, 0.2) is 0 Å².